The molecule has 0 saturated carbocycles. The van der Waals surface area contributed by atoms with Gasteiger partial charge in [0.15, 0.2) is 0 Å². The Morgan fingerprint density at radius 2 is 2.21 bits per heavy atom. The molecule has 1 aliphatic rings. The van der Waals surface area contributed by atoms with Gasteiger partial charge in [0.25, 0.3) is 0 Å². The first kappa shape index (κ1) is 14.1. The van der Waals surface area contributed by atoms with E-state index in [-0.39, 0.29) is 6.04 Å². The van der Waals surface area contributed by atoms with Gasteiger partial charge in [0.2, 0.25) is 0 Å². The van der Waals surface area contributed by atoms with Crippen molar-refractivity contribution in [2.24, 2.45) is 0 Å². The molecule has 2 heterocycles. The molecule has 104 valence electrons. The quantitative estimate of drug-likeness (QED) is 0.880. The van der Waals surface area contributed by atoms with Crippen molar-refractivity contribution in [1.29, 1.82) is 0 Å². The molecule has 0 amide bonds. The summed E-state index contributed by atoms with van der Waals surface area (Å²) in [6.07, 6.45) is 5.56. The van der Waals surface area contributed by atoms with Gasteiger partial charge in [-0.15, -0.1) is 0 Å². The van der Waals surface area contributed by atoms with Crippen molar-refractivity contribution in [2.45, 2.75) is 46.1 Å². The summed E-state index contributed by atoms with van der Waals surface area (Å²) >= 11 is 0. The Bertz CT molecular complexity index is 454. The van der Waals surface area contributed by atoms with E-state index in [0.717, 1.165) is 49.6 Å². The third-order valence-corrected chi connectivity index (χ3v) is 3.42. The van der Waals surface area contributed by atoms with Crippen LogP contribution in [-0.4, -0.2) is 18.1 Å². The van der Waals surface area contributed by atoms with Gasteiger partial charge in [-0.2, -0.15) is 0 Å². The number of aromatic nitrogens is 1. The Labute approximate surface area is 116 Å². The second-order valence-corrected chi connectivity index (χ2v) is 5.11. The molecule has 0 saturated heterocycles. The second kappa shape index (κ2) is 6.71. The number of aryl methyl sites for hydroxylation is 2. The van der Waals surface area contributed by atoms with Gasteiger partial charge in [-0.25, -0.2) is 0 Å². The lowest BCUT2D eigenvalue weighted by molar-refractivity contribution is 0.167. The molecule has 3 nitrogen and oxygen atoms in total. The summed E-state index contributed by atoms with van der Waals surface area (Å²) in [5, 5.41) is 3.58. The van der Waals surface area contributed by atoms with Crippen molar-refractivity contribution < 1.29 is 4.74 Å². The van der Waals surface area contributed by atoms with Gasteiger partial charge < -0.3 is 10.1 Å². The summed E-state index contributed by atoms with van der Waals surface area (Å²) in [4.78, 5) is 4.57. The molecular weight excluding hydrogens is 236 g/mol. The van der Waals surface area contributed by atoms with Gasteiger partial charge in [-0.1, -0.05) is 13.0 Å². The maximum atomic E-state index is 5.85. The molecule has 1 unspecified atom stereocenters. The van der Waals surface area contributed by atoms with Crippen LogP contribution in [0.3, 0.4) is 0 Å². The van der Waals surface area contributed by atoms with Crippen LogP contribution in [-0.2, 0) is 4.74 Å². The van der Waals surface area contributed by atoms with Crippen LogP contribution in [0.5, 0.6) is 0 Å². The summed E-state index contributed by atoms with van der Waals surface area (Å²) in [7, 11) is 0. The van der Waals surface area contributed by atoms with Crippen molar-refractivity contribution in [3.63, 3.8) is 0 Å². The third-order valence-electron chi connectivity index (χ3n) is 3.42. The average molecular weight is 260 g/mol. The summed E-state index contributed by atoms with van der Waals surface area (Å²) in [6, 6.07) is 4.39. The maximum Gasteiger partial charge on any atom is 0.113 e. The third kappa shape index (κ3) is 3.57. The molecule has 3 heteroatoms. The minimum atomic E-state index is 0.147. The van der Waals surface area contributed by atoms with E-state index in [9.17, 15) is 0 Å². The molecule has 19 heavy (non-hydrogen) atoms. The van der Waals surface area contributed by atoms with E-state index in [1.807, 2.05) is 6.92 Å². The summed E-state index contributed by atoms with van der Waals surface area (Å²) < 4.78 is 5.85. The largest absolute Gasteiger partial charge is 0.496 e. The molecule has 1 N–H and O–H groups in total. The van der Waals surface area contributed by atoms with E-state index in [1.54, 1.807) is 0 Å². The number of nitrogens with one attached hydrogen (secondary N) is 1. The Morgan fingerprint density at radius 1 is 1.37 bits per heavy atom. The number of ether oxygens (including phenoxy) is 1. The highest BCUT2D eigenvalue weighted by Gasteiger charge is 2.21. The van der Waals surface area contributed by atoms with Gasteiger partial charge in [0, 0.05) is 11.4 Å². The predicted molar refractivity (Wildman–Crippen MR) is 78.0 cm³/mol. The summed E-state index contributed by atoms with van der Waals surface area (Å²) in [6.45, 7) is 8.10. The van der Waals surface area contributed by atoms with E-state index in [4.69, 9.17) is 4.74 Å². The SMILES string of the molecule is CCCNC(C1=CCCCO1)c1ccc(C)nc1C. The highest BCUT2D eigenvalue weighted by molar-refractivity contribution is 5.30. The molecule has 1 aliphatic heterocycles. The average Bonchev–Trinajstić information content (AvgIpc) is 2.42. The Hall–Kier alpha value is -1.35. The minimum absolute atomic E-state index is 0.147. The fraction of sp³-hybridized carbons (Fsp3) is 0.562. The van der Waals surface area contributed by atoms with Crippen LogP contribution >= 0.6 is 0 Å². The fourth-order valence-corrected chi connectivity index (χ4v) is 2.43. The molecule has 0 fully saturated rings. The van der Waals surface area contributed by atoms with Crippen molar-refractivity contribution >= 4 is 0 Å². The standard InChI is InChI=1S/C16H24N2O/c1-4-10-17-16(15-7-5-6-11-19-15)14-9-8-12(2)18-13(14)3/h7-9,16-17H,4-6,10-11H2,1-3H3. The van der Waals surface area contributed by atoms with Crippen molar-refractivity contribution in [1.82, 2.24) is 10.3 Å². The van der Waals surface area contributed by atoms with E-state index in [0.29, 0.717) is 0 Å². The molecule has 1 atom stereocenters. The van der Waals surface area contributed by atoms with Crippen LogP contribution in [0.2, 0.25) is 0 Å². The predicted octanol–water partition coefficient (Wildman–Crippen LogP) is 3.43. The topological polar surface area (TPSA) is 34.1 Å². The van der Waals surface area contributed by atoms with Gasteiger partial charge >= 0.3 is 0 Å². The number of allylic oxidation sites excluding steroid dienone is 1. The van der Waals surface area contributed by atoms with Crippen LogP contribution < -0.4 is 5.32 Å². The Kier molecular flexibility index (Phi) is 4.97. The highest BCUT2D eigenvalue weighted by Crippen LogP contribution is 2.27. The normalized spacial score (nSPS) is 16.7. The zero-order chi connectivity index (χ0) is 13.7. The number of hydrogen-bond donors (Lipinski definition) is 1. The maximum absolute atomic E-state index is 5.85. The zero-order valence-corrected chi connectivity index (χ0v) is 12.2. The first-order valence-corrected chi connectivity index (χ1v) is 7.22. The van der Waals surface area contributed by atoms with Crippen molar-refractivity contribution in [3.05, 3.63) is 40.9 Å². The summed E-state index contributed by atoms with van der Waals surface area (Å²) in [5.41, 5.74) is 3.38. The monoisotopic (exact) mass is 260 g/mol. The van der Waals surface area contributed by atoms with Crippen molar-refractivity contribution in [3.8, 4) is 0 Å². The minimum Gasteiger partial charge on any atom is -0.496 e. The van der Waals surface area contributed by atoms with Crippen molar-refractivity contribution in [2.75, 3.05) is 13.2 Å². The number of pyridine rings is 1. The number of rotatable bonds is 5. The van der Waals surface area contributed by atoms with Gasteiger partial charge in [0.05, 0.1) is 12.6 Å². The van der Waals surface area contributed by atoms with Crippen LogP contribution in [0, 0.1) is 13.8 Å². The molecule has 0 aliphatic carbocycles. The Morgan fingerprint density at radius 3 is 2.84 bits per heavy atom. The lowest BCUT2D eigenvalue weighted by Gasteiger charge is -2.26. The van der Waals surface area contributed by atoms with Gasteiger partial charge in [-0.3, -0.25) is 4.98 Å². The zero-order valence-electron chi connectivity index (χ0n) is 12.2. The smallest absolute Gasteiger partial charge is 0.113 e. The number of hydrogen-bond acceptors (Lipinski definition) is 3. The van der Waals surface area contributed by atoms with E-state index < -0.39 is 0 Å². The molecular formula is C16H24N2O. The van der Waals surface area contributed by atoms with Crippen LogP contribution in [0.4, 0.5) is 0 Å². The second-order valence-electron chi connectivity index (χ2n) is 5.11. The van der Waals surface area contributed by atoms with Gasteiger partial charge in [0.1, 0.15) is 5.76 Å². The highest BCUT2D eigenvalue weighted by atomic mass is 16.5. The Balaban J connectivity index is 2.27. The van der Waals surface area contributed by atoms with Crippen LogP contribution in [0.25, 0.3) is 0 Å². The molecule has 0 spiro atoms. The fourth-order valence-electron chi connectivity index (χ4n) is 2.43. The van der Waals surface area contributed by atoms with E-state index in [2.05, 4.69) is 42.4 Å². The van der Waals surface area contributed by atoms with Crippen LogP contribution in [0.15, 0.2) is 24.0 Å². The molecule has 0 radical (unpaired) electrons. The lowest BCUT2D eigenvalue weighted by atomic mass is 10.0. The van der Waals surface area contributed by atoms with Gasteiger partial charge in [-0.05, 0) is 57.4 Å². The molecule has 0 aromatic carbocycles. The number of nitrogens with zero attached hydrogens (tertiary/aromatic N) is 1. The lowest BCUT2D eigenvalue weighted by Crippen LogP contribution is -2.27. The first-order chi connectivity index (χ1) is 9.22. The molecule has 0 bridgehead atoms. The molecule has 1 aromatic heterocycles. The van der Waals surface area contributed by atoms with Crippen LogP contribution in [0.1, 0.15) is 49.2 Å². The summed E-state index contributed by atoms with van der Waals surface area (Å²) in [5.74, 6) is 1.06. The molecule has 1 aromatic rings. The van der Waals surface area contributed by atoms with E-state index in [1.165, 1.54) is 5.56 Å². The first-order valence-electron chi connectivity index (χ1n) is 7.22. The van der Waals surface area contributed by atoms with E-state index >= 15 is 0 Å². The molecule has 2 rings (SSSR count).